The quantitative estimate of drug-likeness (QED) is 0.839. The van der Waals surface area contributed by atoms with E-state index in [4.69, 9.17) is 9.47 Å². The van der Waals surface area contributed by atoms with Gasteiger partial charge in [0.2, 0.25) is 0 Å². The van der Waals surface area contributed by atoms with Gasteiger partial charge in [0.05, 0.1) is 13.2 Å². The van der Waals surface area contributed by atoms with Crippen LogP contribution in [0.4, 0.5) is 0 Å². The number of hydrogen-bond donors (Lipinski definition) is 1. The molecule has 0 bridgehead atoms. The molecule has 0 spiro atoms. The van der Waals surface area contributed by atoms with Crippen molar-refractivity contribution in [2.24, 2.45) is 5.92 Å². The summed E-state index contributed by atoms with van der Waals surface area (Å²) in [6, 6.07) is 8.61. The summed E-state index contributed by atoms with van der Waals surface area (Å²) < 4.78 is 11.1. The topological polar surface area (TPSA) is 30.5 Å². The van der Waals surface area contributed by atoms with Crippen molar-refractivity contribution in [2.75, 3.05) is 26.9 Å². The van der Waals surface area contributed by atoms with Crippen LogP contribution in [-0.2, 0) is 22.6 Å². The number of benzene rings is 1. The summed E-state index contributed by atoms with van der Waals surface area (Å²) in [5, 5.41) is 3.15. The molecule has 1 aliphatic heterocycles. The summed E-state index contributed by atoms with van der Waals surface area (Å²) in [4.78, 5) is 0. The summed E-state index contributed by atoms with van der Waals surface area (Å²) in [7, 11) is 1.96. The highest BCUT2D eigenvalue weighted by Gasteiger charge is 2.13. The van der Waals surface area contributed by atoms with Crippen molar-refractivity contribution in [3.8, 4) is 0 Å². The van der Waals surface area contributed by atoms with E-state index in [0.717, 1.165) is 45.8 Å². The minimum Gasteiger partial charge on any atom is -0.381 e. The first-order chi connectivity index (χ1) is 8.88. The Hall–Kier alpha value is -0.900. The van der Waals surface area contributed by atoms with Crippen LogP contribution in [0.2, 0.25) is 0 Å². The third kappa shape index (κ3) is 4.41. The summed E-state index contributed by atoms with van der Waals surface area (Å²) in [5.74, 6) is 0.683. The van der Waals surface area contributed by atoms with Crippen LogP contribution in [0.5, 0.6) is 0 Å². The van der Waals surface area contributed by atoms with E-state index >= 15 is 0 Å². The van der Waals surface area contributed by atoms with Gasteiger partial charge in [0.25, 0.3) is 0 Å². The van der Waals surface area contributed by atoms with Crippen LogP contribution in [-0.4, -0.2) is 26.9 Å². The Morgan fingerprint density at radius 1 is 1.17 bits per heavy atom. The molecule has 1 aliphatic rings. The molecule has 0 radical (unpaired) electrons. The molecule has 1 saturated heterocycles. The van der Waals surface area contributed by atoms with Crippen LogP contribution < -0.4 is 5.32 Å². The Balaban J connectivity index is 1.69. The fourth-order valence-corrected chi connectivity index (χ4v) is 2.21. The molecule has 1 aromatic carbocycles. The van der Waals surface area contributed by atoms with Gasteiger partial charge in [-0.3, -0.25) is 0 Å². The number of nitrogens with one attached hydrogen (secondary N) is 1. The van der Waals surface area contributed by atoms with Gasteiger partial charge < -0.3 is 14.8 Å². The fourth-order valence-electron chi connectivity index (χ4n) is 2.21. The molecule has 100 valence electrons. The van der Waals surface area contributed by atoms with Crippen molar-refractivity contribution in [3.63, 3.8) is 0 Å². The largest absolute Gasteiger partial charge is 0.381 e. The van der Waals surface area contributed by atoms with E-state index in [1.165, 1.54) is 11.1 Å². The lowest BCUT2D eigenvalue weighted by Crippen LogP contribution is -2.20. The zero-order valence-electron chi connectivity index (χ0n) is 11.2. The molecule has 18 heavy (non-hydrogen) atoms. The van der Waals surface area contributed by atoms with Gasteiger partial charge in [0, 0.05) is 19.8 Å². The highest BCUT2D eigenvalue weighted by molar-refractivity contribution is 5.21. The van der Waals surface area contributed by atoms with Crippen LogP contribution in [0.15, 0.2) is 24.3 Å². The average molecular weight is 249 g/mol. The molecule has 0 aliphatic carbocycles. The highest BCUT2D eigenvalue weighted by Crippen LogP contribution is 2.15. The molecule has 3 nitrogen and oxygen atoms in total. The predicted octanol–water partition coefficient (Wildman–Crippen LogP) is 2.35. The standard InChI is InChI=1S/C15H23NO2/c1-16-10-13-2-4-14(5-3-13)11-18-12-15-6-8-17-9-7-15/h2-5,15-16H,6-12H2,1H3. The zero-order valence-corrected chi connectivity index (χ0v) is 11.2. The number of ether oxygens (including phenoxy) is 2. The molecular formula is C15H23NO2. The van der Waals surface area contributed by atoms with Gasteiger partial charge in [-0.1, -0.05) is 24.3 Å². The van der Waals surface area contributed by atoms with Gasteiger partial charge in [-0.25, -0.2) is 0 Å². The van der Waals surface area contributed by atoms with E-state index in [1.807, 2.05) is 7.05 Å². The predicted molar refractivity (Wildman–Crippen MR) is 72.4 cm³/mol. The SMILES string of the molecule is CNCc1ccc(COCC2CCOCC2)cc1. The van der Waals surface area contributed by atoms with Crippen molar-refractivity contribution >= 4 is 0 Å². The maximum absolute atomic E-state index is 5.79. The molecular weight excluding hydrogens is 226 g/mol. The van der Waals surface area contributed by atoms with E-state index in [1.54, 1.807) is 0 Å². The van der Waals surface area contributed by atoms with Crippen LogP contribution in [0.25, 0.3) is 0 Å². The third-order valence-corrected chi connectivity index (χ3v) is 3.37. The van der Waals surface area contributed by atoms with Crippen molar-refractivity contribution in [3.05, 3.63) is 35.4 Å². The Morgan fingerprint density at radius 3 is 2.50 bits per heavy atom. The molecule has 0 atom stereocenters. The molecule has 0 unspecified atom stereocenters. The summed E-state index contributed by atoms with van der Waals surface area (Å²) in [5.41, 5.74) is 2.56. The van der Waals surface area contributed by atoms with Gasteiger partial charge in [-0.05, 0) is 36.9 Å². The van der Waals surface area contributed by atoms with E-state index in [2.05, 4.69) is 29.6 Å². The smallest absolute Gasteiger partial charge is 0.0717 e. The first-order valence-corrected chi connectivity index (χ1v) is 6.76. The molecule has 0 aromatic heterocycles. The van der Waals surface area contributed by atoms with Crippen LogP contribution >= 0.6 is 0 Å². The van der Waals surface area contributed by atoms with Crippen LogP contribution in [0.1, 0.15) is 24.0 Å². The number of hydrogen-bond acceptors (Lipinski definition) is 3. The Labute approximate surface area is 109 Å². The van der Waals surface area contributed by atoms with E-state index < -0.39 is 0 Å². The maximum atomic E-state index is 5.79. The summed E-state index contributed by atoms with van der Waals surface area (Å²) in [6.45, 7) is 4.29. The Kier molecular flexibility index (Phi) is 5.65. The Morgan fingerprint density at radius 2 is 1.83 bits per heavy atom. The van der Waals surface area contributed by atoms with E-state index in [0.29, 0.717) is 5.92 Å². The van der Waals surface area contributed by atoms with Gasteiger partial charge in [0.1, 0.15) is 0 Å². The highest BCUT2D eigenvalue weighted by atomic mass is 16.5. The first kappa shape index (κ1) is 13.5. The molecule has 1 aromatic rings. The lowest BCUT2D eigenvalue weighted by Gasteiger charge is -2.21. The lowest BCUT2D eigenvalue weighted by molar-refractivity contribution is 0.0157. The van der Waals surface area contributed by atoms with Crippen molar-refractivity contribution in [1.29, 1.82) is 0 Å². The van der Waals surface area contributed by atoms with Gasteiger partial charge in [-0.2, -0.15) is 0 Å². The minimum atomic E-state index is 0.683. The Bertz CT molecular complexity index is 331. The molecule has 1 fully saturated rings. The normalized spacial score (nSPS) is 16.9. The molecule has 3 heteroatoms. The summed E-state index contributed by atoms with van der Waals surface area (Å²) in [6.07, 6.45) is 2.28. The van der Waals surface area contributed by atoms with Crippen LogP contribution in [0.3, 0.4) is 0 Å². The van der Waals surface area contributed by atoms with Crippen molar-refractivity contribution in [1.82, 2.24) is 5.32 Å². The molecule has 1 N–H and O–H groups in total. The van der Waals surface area contributed by atoms with E-state index in [-0.39, 0.29) is 0 Å². The van der Waals surface area contributed by atoms with Gasteiger partial charge in [0.15, 0.2) is 0 Å². The first-order valence-electron chi connectivity index (χ1n) is 6.76. The fraction of sp³-hybridized carbons (Fsp3) is 0.600. The molecule has 2 rings (SSSR count). The second-order valence-electron chi connectivity index (χ2n) is 4.92. The minimum absolute atomic E-state index is 0.683. The molecule has 0 amide bonds. The molecule has 0 saturated carbocycles. The maximum Gasteiger partial charge on any atom is 0.0717 e. The molecule has 1 heterocycles. The number of rotatable bonds is 6. The van der Waals surface area contributed by atoms with Crippen molar-refractivity contribution in [2.45, 2.75) is 26.0 Å². The van der Waals surface area contributed by atoms with Crippen molar-refractivity contribution < 1.29 is 9.47 Å². The van der Waals surface area contributed by atoms with Gasteiger partial charge >= 0.3 is 0 Å². The summed E-state index contributed by atoms with van der Waals surface area (Å²) >= 11 is 0. The second kappa shape index (κ2) is 7.52. The zero-order chi connectivity index (χ0) is 12.6. The van der Waals surface area contributed by atoms with Crippen LogP contribution in [0, 0.1) is 5.92 Å². The van der Waals surface area contributed by atoms with E-state index in [9.17, 15) is 0 Å². The lowest BCUT2D eigenvalue weighted by atomic mass is 10.0. The monoisotopic (exact) mass is 249 g/mol. The van der Waals surface area contributed by atoms with Gasteiger partial charge in [-0.15, -0.1) is 0 Å². The third-order valence-electron chi connectivity index (χ3n) is 3.37. The second-order valence-corrected chi connectivity index (χ2v) is 4.92. The average Bonchev–Trinajstić information content (AvgIpc) is 2.42.